The van der Waals surface area contributed by atoms with Crippen LogP contribution in [-0.4, -0.2) is 42.8 Å². The maximum Gasteiger partial charge on any atom is 0.184 e. The number of epoxide rings is 1. The van der Waals surface area contributed by atoms with Crippen molar-refractivity contribution in [2.45, 2.75) is 18.5 Å². The SMILES string of the molecule is [B]C1OC1(C)CN1NCNC1=S. The van der Waals surface area contributed by atoms with Gasteiger partial charge in [0.1, 0.15) is 13.4 Å². The van der Waals surface area contributed by atoms with Crippen molar-refractivity contribution in [1.29, 1.82) is 0 Å². The summed E-state index contributed by atoms with van der Waals surface area (Å²) < 4.78 is 5.22. The first-order valence-corrected chi connectivity index (χ1v) is 4.25. The van der Waals surface area contributed by atoms with Crippen molar-refractivity contribution < 1.29 is 4.74 Å². The van der Waals surface area contributed by atoms with Gasteiger partial charge in [0.05, 0.1) is 13.2 Å². The van der Waals surface area contributed by atoms with E-state index in [1.54, 1.807) is 0 Å². The molecule has 0 aromatic heterocycles. The number of thiocarbonyl (C=S) groups is 1. The molecule has 0 aromatic carbocycles. The van der Waals surface area contributed by atoms with Gasteiger partial charge in [-0.15, -0.1) is 0 Å². The monoisotopic (exact) mass is 183 g/mol. The highest BCUT2D eigenvalue weighted by Gasteiger charge is 2.49. The lowest BCUT2D eigenvalue weighted by Gasteiger charge is -2.18. The molecule has 0 spiro atoms. The van der Waals surface area contributed by atoms with E-state index in [1.165, 1.54) is 0 Å². The van der Waals surface area contributed by atoms with Crippen molar-refractivity contribution in [1.82, 2.24) is 15.8 Å². The van der Waals surface area contributed by atoms with Crippen molar-refractivity contribution in [2.75, 3.05) is 13.2 Å². The van der Waals surface area contributed by atoms with Crippen LogP contribution in [-0.2, 0) is 4.74 Å². The summed E-state index contributed by atoms with van der Waals surface area (Å²) in [6.45, 7) is 3.35. The maximum atomic E-state index is 5.58. The molecular formula is C6H10BN3OS. The van der Waals surface area contributed by atoms with E-state index < -0.39 is 0 Å². The lowest BCUT2D eigenvalue weighted by molar-refractivity contribution is 0.235. The number of hydrogen-bond donors (Lipinski definition) is 2. The predicted octanol–water partition coefficient (Wildman–Crippen LogP) is -1.08. The predicted molar refractivity (Wildman–Crippen MR) is 49.5 cm³/mol. The average Bonchev–Trinajstić information content (AvgIpc) is 2.40. The van der Waals surface area contributed by atoms with Crippen LogP contribution < -0.4 is 10.7 Å². The molecule has 2 rings (SSSR count). The summed E-state index contributed by atoms with van der Waals surface area (Å²) in [6.07, 6.45) is 0. The smallest absolute Gasteiger partial charge is 0.184 e. The number of nitrogens with one attached hydrogen (secondary N) is 2. The van der Waals surface area contributed by atoms with Crippen LogP contribution in [0.1, 0.15) is 6.92 Å². The van der Waals surface area contributed by atoms with Crippen LogP contribution in [0, 0.1) is 0 Å². The van der Waals surface area contributed by atoms with Gasteiger partial charge in [0.2, 0.25) is 0 Å². The highest BCUT2D eigenvalue weighted by molar-refractivity contribution is 7.80. The molecule has 2 fully saturated rings. The highest BCUT2D eigenvalue weighted by Crippen LogP contribution is 2.33. The second-order valence-electron chi connectivity index (χ2n) is 3.25. The van der Waals surface area contributed by atoms with Crippen molar-refractivity contribution >= 4 is 25.2 Å². The van der Waals surface area contributed by atoms with Gasteiger partial charge in [0, 0.05) is 6.00 Å². The summed E-state index contributed by atoms with van der Waals surface area (Å²) in [5, 5.41) is 5.54. The molecule has 6 heteroatoms. The summed E-state index contributed by atoms with van der Waals surface area (Å²) in [7, 11) is 5.58. The van der Waals surface area contributed by atoms with Gasteiger partial charge in [-0.3, -0.25) is 5.01 Å². The lowest BCUT2D eigenvalue weighted by atomic mass is 9.93. The quantitative estimate of drug-likeness (QED) is 0.324. The molecular weight excluding hydrogens is 173 g/mol. The Hall–Kier alpha value is -0.325. The van der Waals surface area contributed by atoms with E-state index >= 15 is 0 Å². The molecule has 2 saturated heterocycles. The zero-order chi connectivity index (χ0) is 8.77. The van der Waals surface area contributed by atoms with Crippen molar-refractivity contribution in [2.24, 2.45) is 0 Å². The molecule has 2 unspecified atom stereocenters. The molecule has 2 heterocycles. The second kappa shape index (κ2) is 2.58. The zero-order valence-corrected chi connectivity index (χ0v) is 7.65. The molecule has 0 saturated carbocycles. The van der Waals surface area contributed by atoms with E-state index in [1.807, 2.05) is 11.9 Å². The van der Waals surface area contributed by atoms with E-state index in [2.05, 4.69) is 10.7 Å². The third-order valence-electron chi connectivity index (χ3n) is 2.17. The molecule has 12 heavy (non-hydrogen) atoms. The Morgan fingerprint density at radius 3 is 3.00 bits per heavy atom. The first kappa shape index (κ1) is 8.28. The Morgan fingerprint density at radius 1 is 1.92 bits per heavy atom. The van der Waals surface area contributed by atoms with E-state index in [0.717, 1.165) is 0 Å². The molecule has 0 aromatic rings. The van der Waals surface area contributed by atoms with Crippen LogP contribution >= 0.6 is 12.2 Å². The minimum atomic E-state index is -0.233. The first-order chi connectivity index (χ1) is 5.62. The molecule has 2 radical (unpaired) electrons. The summed E-state index contributed by atoms with van der Waals surface area (Å²) in [6, 6.07) is -0.150. The Kier molecular flexibility index (Phi) is 1.78. The van der Waals surface area contributed by atoms with Crippen molar-refractivity contribution in [3.63, 3.8) is 0 Å². The van der Waals surface area contributed by atoms with Gasteiger partial charge < -0.3 is 10.1 Å². The van der Waals surface area contributed by atoms with Gasteiger partial charge in [0.25, 0.3) is 0 Å². The fourth-order valence-electron chi connectivity index (χ4n) is 1.20. The van der Waals surface area contributed by atoms with Crippen LogP contribution in [0.15, 0.2) is 0 Å². The topological polar surface area (TPSA) is 39.8 Å². The van der Waals surface area contributed by atoms with Crippen LogP contribution in [0.5, 0.6) is 0 Å². The fraction of sp³-hybridized carbons (Fsp3) is 0.833. The van der Waals surface area contributed by atoms with E-state index in [4.69, 9.17) is 24.8 Å². The van der Waals surface area contributed by atoms with Gasteiger partial charge in [-0.05, 0) is 19.1 Å². The number of hydrazine groups is 1. The Balaban J connectivity index is 1.91. The lowest BCUT2D eigenvalue weighted by Crippen LogP contribution is -2.41. The molecule has 4 nitrogen and oxygen atoms in total. The molecule has 2 N–H and O–H groups in total. The molecule has 2 atom stereocenters. The van der Waals surface area contributed by atoms with Crippen molar-refractivity contribution in [3.8, 4) is 0 Å². The van der Waals surface area contributed by atoms with Gasteiger partial charge in [0.15, 0.2) is 5.11 Å². The molecule has 0 bridgehead atoms. The Labute approximate surface area is 78.0 Å². The summed E-state index contributed by atoms with van der Waals surface area (Å²) >= 11 is 5.03. The molecule has 2 aliphatic rings. The Bertz CT molecular complexity index is 227. The van der Waals surface area contributed by atoms with Gasteiger partial charge in [-0.25, -0.2) is 5.43 Å². The zero-order valence-electron chi connectivity index (χ0n) is 6.83. The number of nitrogens with zero attached hydrogens (tertiary/aromatic N) is 1. The third kappa shape index (κ3) is 1.30. The normalized spacial score (nSPS) is 39.9. The molecule has 2 aliphatic heterocycles. The number of rotatable bonds is 2. The summed E-state index contributed by atoms with van der Waals surface area (Å²) in [5.74, 6) is 0. The number of ether oxygens (including phenoxy) is 1. The third-order valence-corrected chi connectivity index (χ3v) is 2.53. The van der Waals surface area contributed by atoms with E-state index in [-0.39, 0.29) is 11.6 Å². The minimum absolute atomic E-state index is 0.150. The summed E-state index contributed by atoms with van der Waals surface area (Å²) in [5.41, 5.74) is 2.84. The largest absolute Gasteiger partial charge is 0.375 e. The van der Waals surface area contributed by atoms with E-state index in [9.17, 15) is 0 Å². The maximum absolute atomic E-state index is 5.58. The van der Waals surface area contributed by atoms with Crippen LogP contribution in [0.2, 0.25) is 0 Å². The van der Waals surface area contributed by atoms with E-state index in [0.29, 0.717) is 18.3 Å². The minimum Gasteiger partial charge on any atom is -0.375 e. The second-order valence-corrected chi connectivity index (χ2v) is 3.64. The first-order valence-electron chi connectivity index (χ1n) is 3.84. The highest BCUT2D eigenvalue weighted by atomic mass is 32.1. The van der Waals surface area contributed by atoms with Crippen LogP contribution in [0.3, 0.4) is 0 Å². The fourth-order valence-corrected chi connectivity index (χ4v) is 1.40. The van der Waals surface area contributed by atoms with Crippen LogP contribution in [0.25, 0.3) is 0 Å². The van der Waals surface area contributed by atoms with Crippen LogP contribution in [0.4, 0.5) is 0 Å². The number of hydrogen-bond acceptors (Lipinski definition) is 3. The molecule has 0 aliphatic carbocycles. The van der Waals surface area contributed by atoms with Gasteiger partial charge in [-0.2, -0.15) is 0 Å². The molecule has 64 valence electrons. The van der Waals surface area contributed by atoms with Gasteiger partial charge in [-0.1, -0.05) is 0 Å². The average molecular weight is 183 g/mol. The van der Waals surface area contributed by atoms with Gasteiger partial charge >= 0.3 is 0 Å². The summed E-state index contributed by atoms with van der Waals surface area (Å²) in [4.78, 5) is 0. The van der Waals surface area contributed by atoms with Crippen molar-refractivity contribution in [3.05, 3.63) is 0 Å². The Morgan fingerprint density at radius 2 is 2.58 bits per heavy atom. The standard InChI is InChI=1S/C6H10BN3OS/c1-6(4(7)11-6)2-10-5(12)8-3-9-10/h4,9H,2-3H2,1H3,(H,8,12). The molecule has 0 amide bonds.